The number of nitrogens with two attached hydrogens (primary N) is 1. The number of benzene rings is 1. The van der Waals surface area contributed by atoms with Gasteiger partial charge in [-0.1, -0.05) is 17.8 Å². The fourth-order valence-electron chi connectivity index (χ4n) is 2.64. The molecule has 6 nitrogen and oxygen atoms in total. The summed E-state index contributed by atoms with van der Waals surface area (Å²) in [5.41, 5.74) is 1.48. The Morgan fingerprint density at radius 1 is 1.35 bits per heavy atom. The summed E-state index contributed by atoms with van der Waals surface area (Å²) in [6.07, 6.45) is 1.27. The highest BCUT2D eigenvalue weighted by Gasteiger charge is 2.14. The second-order valence-corrected chi connectivity index (χ2v) is 9.26. The lowest BCUT2D eigenvalue weighted by atomic mass is 10.2. The molecule has 1 aromatic carbocycles. The average Bonchev–Trinajstić information content (AvgIpc) is 3.24. The van der Waals surface area contributed by atoms with Gasteiger partial charge >= 0.3 is 0 Å². The van der Waals surface area contributed by atoms with Gasteiger partial charge in [0.05, 0.1) is 20.8 Å². The summed E-state index contributed by atoms with van der Waals surface area (Å²) < 4.78 is 25.1. The lowest BCUT2D eigenvalue weighted by Gasteiger charge is -2.05. The molecule has 0 saturated carbocycles. The fraction of sp³-hybridized carbons (Fsp3) is 0.294. The molecule has 0 atom stereocenters. The summed E-state index contributed by atoms with van der Waals surface area (Å²) in [5, 5.41) is 7.91. The van der Waals surface area contributed by atoms with Crippen LogP contribution in [0.2, 0.25) is 0 Å². The molecule has 0 saturated heterocycles. The van der Waals surface area contributed by atoms with Gasteiger partial charge in [-0.3, -0.25) is 4.79 Å². The van der Waals surface area contributed by atoms with Crippen LogP contribution in [0, 0.1) is 0 Å². The van der Waals surface area contributed by atoms with Crippen LogP contribution >= 0.6 is 23.1 Å². The number of carbonyl (C=O) groups excluding carboxylic acids is 1. The number of Topliss-reactive ketones (excluding diaryl/α,β-unsaturated/α-hetero) is 1. The van der Waals surface area contributed by atoms with E-state index in [1.165, 1.54) is 23.5 Å². The number of imidazole rings is 1. The topological polar surface area (TPSA) is 95.0 Å². The first-order valence-electron chi connectivity index (χ1n) is 8.12. The maximum Gasteiger partial charge on any atom is 0.238 e. The number of carbonyl (C=O) groups is 1. The molecule has 0 aliphatic rings. The maximum absolute atomic E-state index is 12.0. The van der Waals surface area contributed by atoms with E-state index in [-0.39, 0.29) is 10.7 Å². The predicted octanol–water partition coefficient (Wildman–Crippen LogP) is 3.52. The van der Waals surface area contributed by atoms with Crippen molar-refractivity contribution in [1.29, 1.82) is 0 Å². The Morgan fingerprint density at radius 3 is 2.81 bits per heavy atom. The lowest BCUT2D eigenvalue weighted by molar-refractivity contribution is 0.0986. The highest BCUT2D eigenvalue weighted by atomic mass is 32.2. The van der Waals surface area contributed by atoms with Gasteiger partial charge in [0, 0.05) is 18.7 Å². The van der Waals surface area contributed by atoms with Crippen LogP contribution in [-0.4, -0.2) is 29.5 Å². The minimum absolute atomic E-state index is 0.0591. The van der Waals surface area contributed by atoms with E-state index in [4.69, 9.17) is 5.14 Å². The van der Waals surface area contributed by atoms with Crippen molar-refractivity contribution in [2.75, 3.05) is 5.75 Å². The van der Waals surface area contributed by atoms with Crippen LogP contribution < -0.4 is 5.14 Å². The first kappa shape index (κ1) is 19.1. The number of aromatic nitrogens is 2. The molecular weight excluding hydrogens is 390 g/mol. The van der Waals surface area contributed by atoms with Gasteiger partial charge in [0.15, 0.2) is 10.9 Å². The second kappa shape index (κ2) is 7.91. The van der Waals surface area contributed by atoms with Gasteiger partial charge in [-0.25, -0.2) is 18.5 Å². The molecule has 3 rings (SSSR count). The molecule has 138 valence electrons. The molecule has 0 amide bonds. The lowest BCUT2D eigenvalue weighted by Crippen LogP contribution is -2.11. The maximum atomic E-state index is 12.0. The summed E-state index contributed by atoms with van der Waals surface area (Å²) in [6, 6.07) is 8.46. The number of aryl methyl sites for hydroxylation is 1. The molecule has 0 radical (unpaired) electrons. The minimum atomic E-state index is -3.75. The van der Waals surface area contributed by atoms with Gasteiger partial charge in [0.2, 0.25) is 10.0 Å². The number of sulfonamides is 1. The van der Waals surface area contributed by atoms with E-state index < -0.39 is 10.0 Å². The molecule has 2 N–H and O–H groups in total. The van der Waals surface area contributed by atoms with Gasteiger partial charge in [0.25, 0.3) is 0 Å². The monoisotopic (exact) mass is 409 g/mol. The molecule has 0 fully saturated rings. The van der Waals surface area contributed by atoms with Crippen LogP contribution in [0.3, 0.4) is 0 Å². The zero-order chi connectivity index (χ0) is 18.7. The van der Waals surface area contributed by atoms with Gasteiger partial charge < -0.3 is 4.57 Å². The number of primary sulfonamides is 1. The fourth-order valence-corrected chi connectivity index (χ4v) is 4.88. The third kappa shape index (κ3) is 4.17. The van der Waals surface area contributed by atoms with Crippen molar-refractivity contribution in [3.05, 3.63) is 40.6 Å². The Hall–Kier alpha value is -1.68. The van der Waals surface area contributed by atoms with Crippen LogP contribution in [0.4, 0.5) is 0 Å². The van der Waals surface area contributed by atoms with E-state index in [1.54, 1.807) is 17.8 Å². The highest BCUT2D eigenvalue weighted by Crippen LogP contribution is 2.26. The van der Waals surface area contributed by atoms with Crippen molar-refractivity contribution in [3.63, 3.8) is 0 Å². The number of hydrogen-bond donors (Lipinski definition) is 1. The van der Waals surface area contributed by atoms with Crippen molar-refractivity contribution in [3.8, 4) is 0 Å². The van der Waals surface area contributed by atoms with Crippen LogP contribution in [0.1, 0.15) is 29.4 Å². The van der Waals surface area contributed by atoms with E-state index in [0.717, 1.165) is 34.3 Å². The molecule has 26 heavy (non-hydrogen) atoms. The first-order chi connectivity index (χ1) is 12.4. The Morgan fingerprint density at radius 2 is 2.15 bits per heavy atom. The predicted molar refractivity (Wildman–Crippen MR) is 105 cm³/mol. The van der Waals surface area contributed by atoms with Crippen molar-refractivity contribution in [2.24, 2.45) is 5.14 Å². The summed E-state index contributed by atoms with van der Waals surface area (Å²) in [4.78, 5) is 17.4. The van der Waals surface area contributed by atoms with Crippen molar-refractivity contribution in [1.82, 2.24) is 9.55 Å². The number of fused-ring (bicyclic) bond motifs is 1. The minimum Gasteiger partial charge on any atom is -0.319 e. The molecule has 2 heterocycles. The zero-order valence-electron chi connectivity index (χ0n) is 14.2. The van der Waals surface area contributed by atoms with E-state index in [1.807, 2.05) is 29.0 Å². The van der Waals surface area contributed by atoms with Gasteiger partial charge in [-0.15, -0.1) is 11.3 Å². The molecule has 0 bridgehead atoms. The van der Waals surface area contributed by atoms with Crippen LogP contribution in [0.25, 0.3) is 11.0 Å². The van der Waals surface area contributed by atoms with E-state index in [9.17, 15) is 13.2 Å². The largest absolute Gasteiger partial charge is 0.319 e. The SMILES string of the molecule is CCn1c(SCCCC(=O)c2cccs2)nc2cc(S(N)(=O)=O)ccc21. The smallest absolute Gasteiger partial charge is 0.238 e. The molecule has 0 aliphatic heterocycles. The second-order valence-electron chi connectivity index (χ2n) is 5.69. The Bertz CT molecular complexity index is 1020. The molecule has 9 heteroatoms. The molecule has 0 aliphatic carbocycles. The number of thioether (sulfide) groups is 1. The summed E-state index contributed by atoms with van der Waals surface area (Å²) in [5.74, 6) is 0.935. The van der Waals surface area contributed by atoms with Crippen LogP contribution in [-0.2, 0) is 16.6 Å². The quantitative estimate of drug-likeness (QED) is 0.349. The molecule has 3 aromatic rings. The summed E-state index contributed by atoms with van der Waals surface area (Å²) >= 11 is 3.04. The molecule has 0 unspecified atom stereocenters. The number of thiophene rings is 1. The van der Waals surface area contributed by atoms with E-state index in [2.05, 4.69) is 4.98 Å². The van der Waals surface area contributed by atoms with Gasteiger partial charge in [-0.05, 0) is 43.0 Å². The highest BCUT2D eigenvalue weighted by molar-refractivity contribution is 7.99. The van der Waals surface area contributed by atoms with Crippen LogP contribution in [0.5, 0.6) is 0 Å². The average molecular weight is 410 g/mol. The molecule has 0 spiro atoms. The van der Waals surface area contributed by atoms with E-state index in [0.29, 0.717) is 11.9 Å². The normalized spacial score (nSPS) is 11.9. The Kier molecular flexibility index (Phi) is 5.81. The number of rotatable bonds is 8. The number of ketones is 1. The van der Waals surface area contributed by atoms with Gasteiger partial charge in [0.1, 0.15) is 0 Å². The third-order valence-corrected chi connectivity index (χ3v) is 6.79. The number of hydrogen-bond acceptors (Lipinski definition) is 6. The van der Waals surface area contributed by atoms with Crippen molar-refractivity contribution >= 4 is 49.9 Å². The van der Waals surface area contributed by atoms with Crippen LogP contribution in [0.15, 0.2) is 45.8 Å². The van der Waals surface area contributed by atoms with Crippen molar-refractivity contribution < 1.29 is 13.2 Å². The van der Waals surface area contributed by atoms with E-state index >= 15 is 0 Å². The molecular formula is C17H19N3O3S3. The molecule has 2 aromatic heterocycles. The van der Waals surface area contributed by atoms with Gasteiger partial charge in [-0.2, -0.15) is 0 Å². The first-order valence-corrected chi connectivity index (χ1v) is 11.5. The third-order valence-electron chi connectivity index (χ3n) is 3.90. The zero-order valence-corrected chi connectivity index (χ0v) is 16.7. The number of nitrogens with zero attached hydrogens (tertiary/aromatic N) is 2. The standard InChI is InChI=1S/C17H19N3O3S3/c1-2-20-14-8-7-12(26(18,22)23)11-13(14)19-17(20)25-10-3-5-15(21)16-6-4-9-24-16/h4,6-9,11H,2-3,5,10H2,1H3,(H2,18,22,23). The summed E-state index contributed by atoms with van der Waals surface area (Å²) in [7, 11) is -3.75. The Labute approximate surface area is 160 Å². The van der Waals surface area contributed by atoms with Crippen molar-refractivity contribution in [2.45, 2.75) is 36.4 Å². The summed E-state index contributed by atoms with van der Waals surface area (Å²) in [6.45, 7) is 2.74. The Balaban J connectivity index is 1.70.